The highest BCUT2D eigenvalue weighted by Crippen LogP contribution is 2.24. The van der Waals surface area contributed by atoms with E-state index in [1.54, 1.807) is 17.5 Å². The minimum absolute atomic E-state index is 0.0431. The highest BCUT2D eigenvalue weighted by Gasteiger charge is 2.15. The van der Waals surface area contributed by atoms with Crippen molar-refractivity contribution >= 4 is 23.1 Å². The average Bonchev–Trinajstić information content (AvgIpc) is 2.99. The van der Waals surface area contributed by atoms with E-state index in [0.717, 1.165) is 24.4 Å². The van der Waals surface area contributed by atoms with Gasteiger partial charge in [0.05, 0.1) is 12.2 Å². The fourth-order valence-electron chi connectivity index (χ4n) is 1.70. The molecule has 0 aliphatic carbocycles. The van der Waals surface area contributed by atoms with E-state index >= 15 is 0 Å². The molecule has 108 valence electrons. The molecule has 1 atom stereocenters. The molecule has 1 unspecified atom stereocenters. The number of halogens is 1. The molecular formula is C13H18FN5S. The third kappa shape index (κ3) is 3.63. The number of aromatic nitrogens is 3. The van der Waals surface area contributed by atoms with E-state index in [1.165, 1.54) is 6.20 Å². The van der Waals surface area contributed by atoms with Crippen LogP contribution < -0.4 is 10.6 Å². The van der Waals surface area contributed by atoms with Crippen molar-refractivity contribution < 1.29 is 4.39 Å². The summed E-state index contributed by atoms with van der Waals surface area (Å²) >= 11 is 1.54. The van der Waals surface area contributed by atoms with Gasteiger partial charge in [-0.2, -0.15) is 4.98 Å². The van der Waals surface area contributed by atoms with Crippen molar-refractivity contribution in [1.29, 1.82) is 0 Å². The number of nitrogens with one attached hydrogen (secondary N) is 2. The van der Waals surface area contributed by atoms with Crippen molar-refractivity contribution in [2.24, 2.45) is 0 Å². The topological polar surface area (TPSA) is 62.7 Å². The van der Waals surface area contributed by atoms with Gasteiger partial charge in [0.2, 0.25) is 5.95 Å². The Morgan fingerprint density at radius 2 is 2.20 bits per heavy atom. The summed E-state index contributed by atoms with van der Waals surface area (Å²) in [5.41, 5.74) is 0. The zero-order valence-electron chi connectivity index (χ0n) is 11.6. The molecule has 0 aliphatic rings. The second kappa shape index (κ2) is 7.14. The van der Waals surface area contributed by atoms with Crippen LogP contribution in [0.4, 0.5) is 16.2 Å². The summed E-state index contributed by atoms with van der Waals surface area (Å²) in [5.74, 6) is 0.187. The van der Waals surface area contributed by atoms with Gasteiger partial charge in [-0.05, 0) is 12.8 Å². The molecule has 0 saturated carbocycles. The molecule has 0 aliphatic heterocycles. The van der Waals surface area contributed by atoms with E-state index in [9.17, 15) is 4.39 Å². The summed E-state index contributed by atoms with van der Waals surface area (Å²) in [6.07, 6.45) is 4.69. The molecule has 0 saturated heterocycles. The molecule has 2 N–H and O–H groups in total. The number of hydrogen-bond donors (Lipinski definition) is 2. The number of rotatable bonds is 7. The van der Waals surface area contributed by atoms with Crippen LogP contribution in [0.25, 0.3) is 0 Å². The van der Waals surface area contributed by atoms with Gasteiger partial charge in [0.1, 0.15) is 5.01 Å². The predicted octanol–water partition coefficient (Wildman–Crippen LogP) is 3.46. The van der Waals surface area contributed by atoms with Crippen LogP contribution in [0.2, 0.25) is 0 Å². The SMILES string of the molecule is CCCNc1ncc(F)c(NC(CC)c2nccs2)n1. The van der Waals surface area contributed by atoms with E-state index in [4.69, 9.17) is 0 Å². The second-order valence-corrected chi connectivity index (χ2v) is 5.22. The summed E-state index contributed by atoms with van der Waals surface area (Å²) in [4.78, 5) is 12.4. The molecule has 2 aromatic rings. The number of thiazole rings is 1. The Morgan fingerprint density at radius 3 is 2.85 bits per heavy atom. The lowest BCUT2D eigenvalue weighted by atomic mass is 10.2. The third-order valence-electron chi connectivity index (χ3n) is 2.75. The minimum Gasteiger partial charge on any atom is -0.358 e. The van der Waals surface area contributed by atoms with Gasteiger partial charge < -0.3 is 10.6 Å². The van der Waals surface area contributed by atoms with Crippen LogP contribution in [0.5, 0.6) is 0 Å². The highest BCUT2D eigenvalue weighted by molar-refractivity contribution is 7.09. The number of anilines is 2. The molecule has 5 nitrogen and oxygen atoms in total. The molecule has 0 fully saturated rings. The lowest BCUT2D eigenvalue weighted by molar-refractivity contribution is 0.609. The second-order valence-electron chi connectivity index (χ2n) is 4.29. The van der Waals surface area contributed by atoms with Crippen molar-refractivity contribution in [3.63, 3.8) is 0 Å². The Labute approximate surface area is 121 Å². The maximum Gasteiger partial charge on any atom is 0.224 e. The van der Waals surface area contributed by atoms with Gasteiger partial charge in [0.25, 0.3) is 0 Å². The Morgan fingerprint density at radius 1 is 1.35 bits per heavy atom. The van der Waals surface area contributed by atoms with Gasteiger partial charge in [0, 0.05) is 18.1 Å². The molecule has 0 bridgehead atoms. The van der Waals surface area contributed by atoms with Crippen LogP contribution >= 0.6 is 11.3 Å². The van der Waals surface area contributed by atoms with Gasteiger partial charge >= 0.3 is 0 Å². The van der Waals surface area contributed by atoms with Crippen molar-refractivity contribution in [2.45, 2.75) is 32.7 Å². The smallest absolute Gasteiger partial charge is 0.224 e. The fraction of sp³-hybridized carbons (Fsp3) is 0.462. The largest absolute Gasteiger partial charge is 0.358 e. The highest BCUT2D eigenvalue weighted by atomic mass is 32.1. The minimum atomic E-state index is -0.456. The first-order chi connectivity index (χ1) is 9.74. The summed E-state index contributed by atoms with van der Waals surface area (Å²) in [6.45, 7) is 4.83. The van der Waals surface area contributed by atoms with Gasteiger partial charge in [-0.3, -0.25) is 0 Å². The van der Waals surface area contributed by atoms with Crippen molar-refractivity contribution in [1.82, 2.24) is 15.0 Å². The lowest BCUT2D eigenvalue weighted by Crippen LogP contribution is -2.14. The first-order valence-electron chi connectivity index (χ1n) is 6.67. The normalized spacial score (nSPS) is 12.2. The molecule has 20 heavy (non-hydrogen) atoms. The van der Waals surface area contributed by atoms with E-state index in [2.05, 4.69) is 25.6 Å². The monoisotopic (exact) mass is 295 g/mol. The Balaban J connectivity index is 2.14. The lowest BCUT2D eigenvalue weighted by Gasteiger charge is -2.16. The fourth-order valence-corrected chi connectivity index (χ4v) is 2.47. The van der Waals surface area contributed by atoms with E-state index in [1.807, 2.05) is 19.2 Å². The number of hydrogen-bond acceptors (Lipinski definition) is 6. The van der Waals surface area contributed by atoms with Crippen LogP contribution in [0, 0.1) is 5.82 Å². The van der Waals surface area contributed by atoms with Crippen LogP contribution in [0.3, 0.4) is 0 Å². The van der Waals surface area contributed by atoms with Gasteiger partial charge in [0.15, 0.2) is 11.6 Å². The molecule has 7 heteroatoms. The van der Waals surface area contributed by atoms with Gasteiger partial charge in [-0.25, -0.2) is 14.4 Å². The molecule has 2 aromatic heterocycles. The zero-order chi connectivity index (χ0) is 14.4. The predicted molar refractivity (Wildman–Crippen MR) is 79.5 cm³/mol. The van der Waals surface area contributed by atoms with Gasteiger partial charge in [-0.15, -0.1) is 11.3 Å². The number of nitrogens with zero attached hydrogens (tertiary/aromatic N) is 3. The van der Waals surface area contributed by atoms with Crippen LogP contribution in [0.1, 0.15) is 37.7 Å². The molecule has 0 aromatic carbocycles. The summed E-state index contributed by atoms with van der Waals surface area (Å²) in [5, 5.41) is 8.98. The summed E-state index contributed by atoms with van der Waals surface area (Å²) in [7, 11) is 0. The quantitative estimate of drug-likeness (QED) is 0.819. The van der Waals surface area contributed by atoms with Crippen molar-refractivity contribution in [3.05, 3.63) is 28.6 Å². The molecule has 0 amide bonds. The van der Waals surface area contributed by atoms with Crippen LogP contribution in [0.15, 0.2) is 17.8 Å². The summed E-state index contributed by atoms with van der Waals surface area (Å²) < 4.78 is 13.8. The maximum absolute atomic E-state index is 13.8. The maximum atomic E-state index is 13.8. The molecule has 0 spiro atoms. The Hall–Kier alpha value is -1.76. The molecule has 2 heterocycles. The Bertz CT molecular complexity index is 532. The average molecular weight is 295 g/mol. The first-order valence-corrected chi connectivity index (χ1v) is 7.54. The molecular weight excluding hydrogens is 277 g/mol. The van der Waals surface area contributed by atoms with Crippen molar-refractivity contribution in [2.75, 3.05) is 17.2 Å². The van der Waals surface area contributed by atoms with E-state index in [0.29, 0.717) is 5.95 Å². The molecule has 2 rings (SSSR count). The standard InChI is InChI=1S/C13H18FN5S/c1-3-5-16-13-17-8-9(14)11(19-13)18-10(4-2)12-15-6-7-20-12/h6-8,10H,3-5H2,1-2H3,(H2,16,17,18,19). The van der Waals surface area contributed by atoms with Crippen molar-refractivity contribution in [3.8, 4) is 0 Å². The van der Waals surface area contributed by atoms with Crippen LogP contribution in [-0.4, -0.2) is 21.5 Å². The van der Waals surface area contributed by atoms with E-state index < -0.39 is 5.82 Å². The van der Waals surface area contributed by atoms with Gasteiger partial charge in [-0.1, -0.05) is 13.8 Å². The van der Waals surface area contributed by atoms with E-state index in [-0.39, 0.29) is 11.9 Å². The van der Waals surface area contributed by atoms with Crippen LogP contribution in [-0.2, 0) is 0 Å². The first kappa shape index (κ1) is 14.6. The zero-order valence-corrected chi connectivity index (χ0v) is 12.4. The molecule has 0 radical (unpaired) electrons. The Kier molecular flexibility index (Phi) is 5.23. The third-order valence-corrected chi connectivity index (χ3v) is 3.64. The summed E-state index contributed by atoms with van der Waals surface area (Å²) in [6, 6.07) is -0.0431.